The van der Waals surface area contributed by atoms with Crippen molar-refractivity contribution in [2.75, 3.05) is 35.0 Å². The van der Waals surface area contributed by atoms with Crippen LogP contribution in [0, 0.1) is 0 Å². The minimum atomic E-state index is -1.34. The molecular formula is C19H24O6. The number of benzene rings is 2. The molecule has 0 aliphatic heterocycles. The number of ether oxygens (including phenoxy) is 4. The minimum Gasteiger partial charge on any atom is -0.496 e. The maximum Gasteiger partial charge on any atom is 0.138 e. The summed E-state index contributed by atoms with van der Waals surface area (Å²) in [5.74, 6) is 2.37. The molecule has 25 heavy (non-hydrogen) atoms. The van der Waals surface area contributed by atoms with Crippen molar-refractivity contribution in [1.82, 2.24) is 0 Å². The van der Waals surface area contributed by atoms with Crippen LogP contribution in [-0.2, 0) is 0 Å². The molecule has 0 saturated heterocycles. The Kier molecular flexibility index (Phi) is 5.77. The largest absolute Gasteiger partial charge is 0.496 e. The molecule has 1 atom stereocenters. The summed E-state index contributed by atoms with van der Waals surface area (Å²) in [5, 5.41) is 20.7. The summed E-state index contributed by atoms with van der Waals surface area (Å²) in [6.45, 7) is 1.12. The maximum atomic E-state index is 10.0. The molecule has 6 heteroatoms. The van der Waals surface area contributed by atoms with Gasteiger partial charge in [-0.15, -0.1) is 0 Å². The number of fused-ring (bicyclic) bond motifs is 1. The molecule has 0 heterocycles. The first-order valence-electron chi connectivity index (χ1n) is 7.74. The van der Waals surface area contributed by atoms with Crippen LogP contribution in [-0.4, -0.2) is 50.9 Å². The Morgan fingerprint density at radius 3 is 1.96 bits per heavy atom. The average molecular weight is 348 g/mol. The minimum absolute atomic E-state index is 0.395. The van der Waals surface area contributed by atoms with Gasteiger partial charge in [0.15, 0.2) is 0 Å². The Morgan fingerprint density at radius 1 is 0.920 bits per heavy atom. The van der Waals surface area contributed by atoms with Gasteiger partial charge in [-0.25, -0.2) is 0 Å². The van der Waals surface area contributed by atoms with Crippen LogP contribution in [0.15, 0.2) is 24.3 Å². The highest BCUT2D eigenvalue weighted by Gasteiger charge is 2.21. The van der Waals surface area contributed by atoms with E-state index in [1.807, 2.05) is 0 Å². The molecule has 0 radical (unpaired) electrons. The van der Waals surface area contributed by atoms with Gasteiger partial charge in [0, 0.05) is 5.56 Å². The third kappa shape index (κ3) is 3.65. The van der Waals surface area contributed by atoms with Crippen molar-refractivity contribution < 1.29 is 29.2 Å². The van der Waals surface area contributed by atoms with Crippen molar-refractivity contribution in [3.63, 3.8) is 0 Å². The lowest BCUT2D eigenvalue weighted by atomic mass is 9.99. The molecule has 2 rings (SSSR count). The fourth-order valence-corrected chi connectivity index (χ4v) is 2.62. The zero-order chi connectivity index (χ0) is 18.6. The fourth-order valence-electron chi connectivity index (χ4n) is 2.62. The number of hydrogen-bond donors (Lipinski definition) is 2. The lowest BCUT2D eigenvalue weighted by Gasteiger charge is -2.19. The molecule has 0 saturated carbocycles. The Hall–Kier alpha value is -2.44. The van der Waals surface area contributed by atoms with E-state index in [0.29, 0.717) is 33.9 Å². The zero-order valence-electron chi connectivity index (χ0n) is 15.1. The predicted octanol–water partition coefficient (Wildman–Crippen LogP) is 2.63. The molecule has 0 bridgehead atoms. The standard InChI is InChI=1S/C19H24O6/c1-19(21,11-20)9-8-12-10-15(24-4)16-13(22-2)6-7-14(23-3)17(16)18(12)25-5/h6-10,20-21H,11H2,1-5H3/b9-8+/t19-/m0/s1. The van der Waals surface area contributed by atoms with E-state index >= 15 is 0 Å². The molecule has 0 amide bonds. The van der Waals surface area contributed by atoms with Gasteiger partial charge in [0.05, 0.1) is 45.8 Å². The van der Waals surface area contributed by atoms with Gasteiger partial charge in [0.25, 0.3) is 0 Å². The molecule has 0 aromatic heterocycles. The molecule has 0 fully saturated rings. The van der Waals surface area contributed by atoms with Gasteiger partial charge in [-0.05, 0) is 25.1 Å². The summed E-state index contributed by atoms with van der Waals surface area (Å²) in [4.78, 5) is 0. The summed E-state index contributed by atoms with van der Waals surface area (Å²) >= 11 is 0. The highest BCUT2D eigenvalue weighted by molar-refractivity contribution is 6.04. The first-order valence-corrected chi connectivity index (χ1v) is 7.74. The Balaban J connectivity index is 2.85. The van der Waals surface area contributed by atoms with Crippen LogP contribution in [0.25, 0.3) is 16.8 Å². The number of methoxy groups -OCH3 is 4. The van der Waals surface area contributed by atoms with E-state index in [2.05, 4.69) is 0 Å². The quantitative estimate of drug-likeness (QED) is 0.801. The smallest absolute Gasteiger partial charge is 0.138 e. The van der Waals surface area contributed by atoms with Crippen LogP contribution >= 0.6 is 0 Å². The van der Waals surface area contributed by atoms with Gasteiger partial charge < -0.3 is 29.2 Å². The Bertz CT molecular complexity index is 779. The first kappa shape index (κ1) is 18.9. The lowest BCUT2D eigenvalue weighted by Crippen LogP contribution is -2.25. The van der Waals surface area contributed by atoms with Crippen molar-refractivity contribution >= 4 is 16.8 Å². The van der Waals surface area contributed by atoms with Crippen LogP contribution in [0.2, 0.25) is 0 Å². The second-order valence-corrected chi connectivity index (χ2v) is 5.77. The molecule has 136 valence electrons. The van der Waals surface area contributed by atoms with E-state index in [0.717, 1.165) is 5.39 Å². The summed E-state index contributed by atoms with van der Waals surface area (Å²) in [6, 6.07) is 5.38. The monoisotopic (exact) mass is 348 g/mol. The second-order valence-electron chi connectivity index (χ2n) is 5.77. The van der Waals surface area contributed by atoms with Crippen LogP contribution in [0.3, 0.4) is 0 Å². The molecule has 2 aromatic carbocycles. The molecule has 0 aliphatic rings. The molecular weight excluding hydrogens is 324 g/mol. The summed E-state index contributed by atoms with van der Waals surface area (Å²) in [7, 11) is 6.28. The van der Waals surface area contributed by atoms with Gasteiger partial charge in [-0.2, -0.15) is 0 Å². The topological polar surface area (TPSA) is 77.4 Å². The van der Waals surface area contributed by atoms with Crippen molar-refractivity contribution in [3.8, 4) is 23.0 Å². The van der Waals surface area contributed by atoms with E-state index < -0.39 is 12.2 Å². The van der Waals surface area contributed by atoms with Gasteiger partial charge in [-0.3, -0.25) is 0 Å². The Morgan fingerprint density at radius 2 is 1.48 bits per heavy atom. The van der Waals surface area contributed by atoms with E-state index in [1.54, 1.807) is 52.7 Å². The van der Waals surface area contributed by atoms with Crippen LogP contribution < -0.4 is 18.9 Å². The predicted molar refractivity (Wildman–Crippen MR) is 96.9 cm³/mol. The number of rotatable bonds is 7. The lowest BCUT2D eigenvalue weighted by molar-refractivity contribution is 0.0442. The molecule has 0 aliphatic carbocycles. The van der Waals surface area contributed by atoms with Crippen LogP contribution in [0.1, 0.15) is 12.5 Å². The third-order valence-corrected chi connectivity index (χ3v) is 3.96. The Labute approximate surface area is 147 Å². The highest BCUT2D eigenvalue weighted by atomic mass is 16.5. The van der Waals surface area contributed by atoms with Gasteiger partial charge in [-0.1, -0.05) is 12.2 Å². The van der Waals surface area contributed by atoms with Crippen molar-refractivity contribution in [2.45, 2.75) is 12.5 Å². The van der Waals surface area contributed by atoms with Gasteiger partial charge in [0.2, 0.25) is 0 Å². The maximum absolute atomic E-state index is 10.0. The van der Waals surface area contributed by atoms with Gasteiger partial charge >= 0.3 is 0 Å². The summed E-state index contributed by atoms with van der Waals surface area (Å²) in [6.07, 6.45) is 3.18. The zero-order valence-corrected chi connectivity index (χ0v) is 15.1. The van der Waals surface area contributed by atoms with E-state index in [9.17, 15) is 10.2 Å². The molecule has 0 spiro atoms. The normalized spacial score (nSPS) is 13.7. The highest BCUT2D eigenvalue weighted by Crippen LogP contribution is 2.46. The summed E-state index contributed by atoms with van der Waals surface area (Å²) in [5.41, 5.74) is -0.668. The van der Waals surface area contributed by atoms with Crippen molar-refractivity contribution in [1.29, 1.82) is 0 Å². The van der Waals surface area contributed by atoms with Crippen molar-refractivity contribution in [2.24, 2.45) is 0 Å². The van der Waals surface area contributed by atoms with E-state index in [1.165, 1.54) is 13.0 Å². The van der Waals surface area contributed by atoms with Gasteiger partial charge in [0.1, 0.15) is 28.6 Å². The van der Waals surface area contributed by atoms with Crippen LogP contribution in [0.4, 0.5) is 0 Å². The number of hydrogen-bond acceptors (Lipinski definition) is 6. The molecule has 2 N–H and O–H groups in total. The van der Waals surface area contributed by atoms with E-state index in [-0.39, 0.29) is 0 Å². The number of aliphatic hydroxyl groups excluding tert-OH is 1. The first-order chi connectivity index (χ1) is 11.9. The number of aliphatic hydroxyl groups is 2. The van der Waals surface area contributed by atoms with Crippen LogP contribution in [0.5, 0.6) is 23.0 Å². The molecule has 6 nitrogen and oxygen atoms in total. The van der Waals surface area contributed by atoms with Crippen molar-refractivity contribution in [3.05, 3.63) is 29.8 Å². The third-order valence-electron chi connectivity index (χ3n) is 3.96. The molecule has 0 unspecified atom stereocenters. The fraction of sp³-hybridized carbons (Fsp3) is 0.368. The van der Waals surface area contributed by atoms with E-state index in [4.69, 9.17) is 18.9 Å². The average Bonchev–Trinajstić information content (AvgIpc) is 2.64. The SMILES string of the molecule is COc1ccc(OC)c2c(OC)c(/C=C/[C@](C)(O)CO)cc(OC)c12. The second kappa shape index (κ2) is 7.63. The summed E-state index contributed by atoms with van der Waals surface area (Å²) < 4.78 is 22.1. The molecule has 2 aromatic rings.